The number of nitrogens with zero attached hydrogens (tertiary/aromatic N) is 2. The van der Waals surface area contributed by atoms with Crippen LogP contribution in [0.5, 0.6) is 5.75 Å². The zero-order chi connectivity index (χ0) is 23.0. The number of aryl methyl sites for hydroxylation is 2. The van der Waals surface area contributed by atoms with E-state index in [0.29, 0.717) is 16.8 Å². The second kappa shape index (κ2) is 8.54. The van der Waals surface area contributed by atoms with Gasteiger partial charge < -0.3 is 18.8 Å². The molecule has 0 saturated carbocycles. The molecule has 32 heavy (non-hydrogen) atoms. The van der Waals surface area contributed by atoms with Gasteiger partial charge >= 0.3 is 5.97 Å². The van der Waals surface area contributed by atoms with Gasteiger partial charge in [-0.05, 0) is 39.3 Å². The summed E-state index contributed by atoms with van der Waals surface area (Å²) in [7, 11) is 1.94. The van der Waals surface area contributed by atoms with Crippen molar-refractivity contribution in [1.29, 1.82) is 0 Å². The van der Waals surface area contributed by atoms with Crippen molar-refractivity contribution in [3.05, 3.63) is 59.4 Å². The normalized spacial score (nSPS) is 20.6. The van der Waals surface area contributed by atoms with E-state index in [1.807, 2.05) is 61.0 Å². The third-order valence-electron chi connectivity index (χ3n) is 5.77. The van der Waals surface area contributed by atoms with Crippen molar-refractivity contribution >= 4 is 17.0 Å². The second-order valence-corrected chi connectivity index (χ2v) is 9.12. The quantitative estimate of drug-likeness (QED) is 0.523. The molecular formula is C25H29FN2O4. The summed E-state index contributed by atoms with van der Waals surface area (Å²) in [5.41, 5.74) is 2.44. The minimum Gasteiger partial charge on any atom is -0.479 e. The highest BCUT2D eigenvalue weighted by atomic mass is 19.1. The van der Waals surface area contributed by atoms with Crippen LogP contribution in [0, 0.1) is 12.3 Å². The van der Waals surface area contributed by atoms with E-state index in [2.05, 4.69) is 0 Å². The van der Waals surface area contributed by atoms with Crippen LogP contribution in [-0.2, 0) is 21.3 Å². The molecule has 0 aliphatic carbocycles. The molecule has 0 fully saturated rings. The molecule has 0 N–H and O–H groups in total. The molecule has 4 rings (SSSR count). The van der Waals surface area contributed by atoms with Crippen LogP contribution in [-0.4, -0.2) is 34.9 Å². The number of imidazole rings is 1. The number of alkyl halides is 1. The molecule has 2 aromatic carbocycles. The van der Waals surface area contributed by atoms with Gasteiger partial charge in [0, 0.05) is 12.6 Å². The molecule has 170 valence electrons. The number of esters is 1. The van der Waals surface area contributed by atoms with Crippen molar-refractivity contribution in [2.24, 2.45) is 12.5 Å². The van der Waals surface area contributed by atoms with E-state index in [4.69, 9.17) is 19.2 Å². The van der Waals surface area contributed by atoms with E-state index in [-0.39, 0.29) is 12.6 Å². The van der Waals surface area contributed by atoms with Gasteiger partial charge in [-0.1, -0.05) is 36.4 Å². The third-order valence-corrected chi connectivity index (χ3v) is 5.77. The van der Waals surface area contributed by atoms with Crippen molar-refractivity contribution in [2.75, 3.05) is 13.3 Å². The summed E-state index contributed by atoms with van der Waals surface area (Å²) in [4.78, 5) is 17.6. The molecule has 7 heteroatoms. The Balaban J connectivity index is 1.88. The van der Waals surface area contributed by atoms with Crippen LogP contribution in [0.25, 0.3) is 11.0 Å². The summed E-state index contributed by atoms with van der Waals surface area (Å²) in [6.45, 7) is 6.54. The molecule has 3 atom stereocenters. The van der Waals surface area contributed by atoms with Crippen LogP contribution in [0.15, 0.2) is 42.5 Å². The third kappa shape index (κ3) is 3.97. The molecule has 0 unspecified atom stereocenters. The van der Waals surface area contributed by atoms with E-state index >= 15 is 0 Å². The smallest absolute Gasteiger partial charge is 0.311 e. The lowest BCUT2D eigenvalue weighted by atomic mass is 9.90. The van der Waals surface area contributed by atoms with Gasteiger partial charge in [-0.15, -0.1) is 0 Å². The Kier molecular flexibility index (Phi) is 5.95. The fourth-order valence-corrected chi connectivity index (χ4v) is 3.92. The Labute approximate surface area is 187 Å². The number of aromatic nitrogens is 2. The molecule has 1 aliphatic rings. The van der Waals surface area contributed by atoms with E-state index in [1.54, 1.807) is 20.8 Å². The van der Waals surface area contributed by atoms with Crippen LogP contribution in [0.4, 0.5) is 4.39 Å². The largest absolute Gasteiger partial charge is 0.479 e. The standard InChI is InChI=1S/C25H29FN2O4/c1-15-27-19-18(28(15)5)12-11-17-21(19)31-20(16-9-7-6-8-10-16)23(22(17)30-14-13-26)32-24(29)25(2,3)4/h6-12,20,22-23H,13-14H2,1-5H3/t20-,22-,23-/m1/s1. The molecule has 0 radical (unpaired) electrons. The van der Waals surface area contributed by atoms with E-state index < -0.39 is 30.4 Å². The maximum Gasteiger partial charge on any atom is 0.311 e. The van der Waals surface area contributed by atoms with Crippen molar-refractivity contribution in [3.8, 4) is 5.75 Å². The molecule has 1 aromatic heterocycles. The first-order valence-corrected chi connectivity index (χ1v) is 10.8. The molecular weight excluding hydrogens is 411 g/mol. The van der Waals surface area contributed by atoms with Crippen LogP contribution in [0.1, 0.15) is 49.9 Å². The van der Waals surface area contributed by atoms with Gasteiger partial charge in [0.1, 0.15) is 24.1 Å². The van der Waals surface area contributed by atoms with E-state index in [0.717, 1.165) is 16.9 Å². The lowest BCUT2D eigenvalue weighted by Gasteiger charge is -2.39. The van der Waals surface area contributed by atoms with Crippen LogP contribution < -0.4 is 4.74 Å². The second-order valence-electron chi connectivity index (χ2n) is 9.12. The minimum absolute atomic E-state index is 0.117. The maximum atomic E-state index is 13.2. The number of fused-ring (bicyclic) bond motifs is 3. The fourth-order valence-electron chi connectivity index (χ4n) is 3.92. The monoisotopic (exact) mass is 440 g/mol. The predicted molar refractivity (Wildman–Crippen MR) is 119 cm³/mol. The first kappa shape index (κ1) is 22.3. The highest BCUT2D eigenvalue weighted by molar-refractivity contribution is 5.85. The summed E-state index contributed by atoms with van der Waals surface area (Å²) < 4.78 is 33.6. The maximum absolute atomic E-state index is 13.2. The first-order valence-electron chi connectivity index (χ1n) is 10.8. The summed E-state index contributed by atoms with van der Waals surface area (Å²) >= 11 is 0. The molecule has 3 aromatic rings. The van der Waals surface area contributed by atoms with Crippen LogP contribution in [0.2, 0.25) is 0 Å². The summed E-state index contributed by atoms with van der Waals surface area (Å²) in [6.07, 6.45) is -2.12. The topological polar surface area (TPSA) is 62.6 Å². The lowest BCUT2D eigenvalue weighted by molar-refractivity contribution is -0.181. The SMILES string of the molecule is Cc1nc2c3c(ccc2n1C)[C@@H](OCCF)[C@H](OC(=O)C(C)(C)C)[C@@H](c1ccccc1)O3. The Bertz CT molecular complexity index is 1120. The molecule has 0 saturated heterocycles. The number of rotatable bonds is 5. The van der Waals surface area contributed by atoms with Crippen molar-refractivity contribution in [2.45, 2.75) is 46.0 Å². The van der Waals surface area contributed by atoms with Gasteiger partial charge in [-0.25, -0.2) is 9.37 Å². The number of hydrogen-bond donors (Lipinski definition) is 0. The van der Waals surface area contributed by atoms with Gasteiger partial charge in [0.15, 0.2) is 18.0 Å². The Morgan fingerprint density at radius 3 is 2.56 bits per heavy atom. The number of carbonyl (C=O) groups is 1. The number of halogens is 1. The average Bonchev–Trinajstić information content (AvgIpc) is 3.06. The fraction of sp³-hybridized carbons (Fsp3) is 0.440. The Morgan fingerprint density at radius 1 is 1.19 bits per heavy atom. The number of carbonyl (C=O) groups excluding carboxylic acids is 1. The lowest BCUT2D eigenvalue weighted by Crippen LogP contribution is -2.41. The number of ether oxygens (including phenoxy) is 3. The zero-order valence-electron chi connectivity index (χ0n) is 19.1. The molecule has 6 nitrogen and oxygen atoms in total. The van der Waals surface area contributed by atoms with Gasteiger partial charge in [-0.2, -0.15) is 0 Å². The van der Waals surface area contributed by atoms with Gasteiger partial charge in [0.2, 0.25) is 0 Å². The van der Waals surface area contributed by atoms with Gasteiger partial charge in [-0.3, -0.25) is 4.79 Å². The number of hydrogen-bond acceptors (Lipinski definition) is 5. The minimum atomic E-state index is -0.787. The molecule has 1 aliphatic heterocycles. The summed E-state index contributed by atoms with van der Waals surface area (Å²) in [5.74, 6) is 1.04. The Hall–Kier alpha value is -2.93. The molecule has 2 heterocycles. The molecule has 0 spiro atoms. The average molecular weight is 441 g/mol. The highest BCUT2D eigenvalue weighted by Gasteiger charge is 2.45. The van der Waals surface area contributed by atoms with E-state index in [1.165, 1.54) is 0 Å². The molecule has 0 bridgehead atoms. The first-order chi connectivity index (χ1) is 15.2. The van der Waals surface area contributed by atoms with Crippen molar-refractivity contribution < 1.29 is 23.4 Å². The van der Waals surface area contributed by atoms with Gasteiger partial charge in [0.25, 0.3) is 0 Å². The summed E-state index contributed by atoms with van der Waals surface area (Å²) in [6, 6.07) is 13.4. The van der Waals surface area contributed by atoms with E-state index in [9.17, 15) is 9.18 Å². The number of benzene rings is 2. The Morgan fingerprint density at radius 2 is 1.91 bits per heavy atom. The zero-order valence-corrected chi connectivity index (χ0v) is 19.1. The predicted octanol–water partition coefficient (Wildman–Crippen LogP) is 5.00. The van der Waals surface area contributed by atoms with Crippen molar-refractivity contribution in [1.82, 2.24) is 9.55 Å². The summed E-state index contributed by atoms with van der Waals surface area (Å²) in [5, 5.41) is 0. The van der Waals surface area contributed by atoms with Gasteiger partial charge in [0.05, 0.1) is 17.5 Å². The molecule has 0 amide bonds. The van der Waals surface area contributed by atoms with Crippen molar-refractivity contribution in [3.63, 3.8) is 0 Å². The highest BCUT2D eigenvalue weighted by Crippen LogP contribution is 2.47. The van der Waals surface area contributed by atoms with Crippen LogP contribution in [0.3, 0.4) is 0 Å². The van der Waals surface area contributed by atoms with Crippen LogP contribution >= 0.6 is 0 Å².